The van der Waals surface area contributed by atoms with E-state index in [1.165, 1.54) is 29.5 Å². The predicted molar refractivity (Wildman–Crippen MR) is 76.2 cm³/mol. The van der Waals surface area contributed by atoms with Crippen LogP contribution in [-0.4, -0.2) is 14.2 Å². The summed E-state index contributed by atoms with van der Waals surface area (Å²) in [5.74, 6) is 2.61. The molecule has 1 N–H and O–H groups in total. The number of nitrogens with one attached hydrogen (secondary N) is 1. The highest BCUT2D eigenvalue weighted by atomic mass is 16.5. The Labute approximate surface area is 111 Å². The zero-order valence-electron chi connectivity index (χ0n) is 12.2. The third kappa shape index (κ3) is 2.54. The lowest BCUT2D eigenvalue weighted by atomic mass is 9.87. The van der Waals surface area contributed by atoms with Gasteiger partial charge in [-0.3, -0.25) is 0 Å². The Balaban J connectivity index is 2.32. The van der Waals surface area contributed by atoms with Crippen molar-refractivity contribution in [3.63, 3.8) is 0 Å². The van der Waals surface area contributed by atoms with Crippen LogP contribution in [0, 0.1) is 25.7 Å². The Hall–Kier alpha value is -1.02. The zero-order chi connectivity index (χ0) is 13.3. The Morgan fingerprint density at radius 3 is 2.39 bits per heavy atom. The smallest absolute Gasteiger partial charge is 0.122 e. The van der Waals surface area contributed by atoms with Crippen LogP contribution in [0.15, 0.2) is 12.1 Å². The van der Waals surface area contributed by atoms with Gasteiger partial charge < -0.3 is 10.1 Å². The van der Waals surface area contributed by atoms with Gasteiger partial charge in [0, 0.05) is 6.04 Å². The molecule has 0 aliphatic heterocycles. The monoisotopic (exact) mass is 247 g/mol. The van der Waals surface area contributed by atoms with E-state index in [4.69, 9.17) is 4.74 Å². The summed E-state index contributed by atoms with van der Waals surface area (Å²) in [4.78, 5) is 0. The van der Waals surface area contributed by atoms with Crippen LogP contribution in [-0.2, 0) is 0 Å². The second-order valence-electron chi connectivity index (χ2n) is 5.64. The summed E-state index contributed by atoms with van der Waals surface area (Å²) in [5.41, 5.74) is 3.97. The molecule has 0 heterocycles. The van der Waals surface area contributed by atoms with Crippen molar-refractivity contribution in [3.05, 3.63) is 28.8 Å². The molecule has 0 saturated heterocycles. The van der Waals surface area contributed by atoms with Crippen molar-refractivity contribution in [3.8, 4) is 5.75 Å². The lowest BCUT2D eigenvalue weighted by Gasteiger charge is -2.26. The molecule has 0 amide bonds. The SMILES string of the molecule is CNC(c1cc(C)c(OC)cc1C)C(C)C1CC1. The maximum absolute atomic E-state index is 5.39. The topological polar surface area (TPSA) is 21.3 Å². The van der Waals surface area contributed by atoms with Crippen molar-refractivity contribution < 1.29 is 4.74 Å². The van der Waals surface area contributed by atoms with Gasteiger partial charge in [-0.2, -0.15) is 0 Å². The van der Waals surface area contributed by atoms with Crippen molar-refractivity contribution in [1.29, 1.82) is 0 Å². The van der Waals surface area contributed by atoms with Gasteiger partial charge in [0.2, 0.25) is 0 Å². The fraction of sp³-hybridized carbons (Fsp3) is 0.625. The van der Waals surface area contributed by atoms with E-state index in [0.29, 0.717) is 12.0 Å². The molecular formula is C16H25NO. The van der Waals surface area contributed by atoms with Crippen molar-refractivity contribution in [2.24, 2.45) is 11.8 Å². The van der Waals surface area contributed by atoms with Crippen LogP contribution in [0.2, 0.25) is 0 Å². The third-order valence-corrected chi connectivity index (χ3v) is 4.32. The molecule has 2 atom stereocenters. The number of benzene rings is 1. The molecule has 18 heavy (non-hydrogen) atoms. The van der Waals surface area contributed by atoms with Gasteiger partial charge in [0.25, 0.3) is 0 Å². The molecule has 0 radical (unpaired) electrons. The van der Waals surface area contributed by atoms with Gasteiger partial charge in [-0.05, 0) is 68.3 Å². The predicted octanol–water partition coefficient (Wildman–Crippen LogP) is 3.62. The summed E-state index contributed by atoms with van der Waals surface area (Å²) < 4.78 is 5.39. The molecule has 100 valence electrons. The lowest BCUT2D eigenvalue weighted by Crippen LogP contribution is -2.25. The van der Waals surface area contributed by atoms with E-state index < -0.39 is 0 Å². The third-order valence-electron chi connectivity index (χ3n) is 4.32. The van der Waals surface area contributed by atoms with Crippen LogP contribution in [0.3, 0.4) is 0 Å². The molecule has 2 heteroatoms. The molecule has 1 saturated carbocycles. The van der Waals surface area contributed by atoms with Crippen LogP contribution in [0.25, 0.3) is 0 Å². The van der Waals surface area contributed by atoms with Gasteiger partial charge in [0.1, 0.15) is 5.75 Å². The highest BCUT2D eigenvalue weighted by Crippen LogP contribution is 2.43. The fourth-order valence-corrected chi connectivity index (χ4v) is 2.96. The van der Waals surface area contributed by atoms with Gasteiger partial charge in [-0.1, -0.05) is 13.0 Å². The molecular weight excluding hydrogens is 222 g/mol. The highest BCUT2D eigenvalue weighted by molar-refractivity contribution is 5.43. The van der Waals surface area contributed by atoms with Crippen molar-refractivity contribution in [2.75, 3.05) is 14.2 Å². The van der Waals surface area contributed by atoms with Gasteiger partial charge in [0.05, 0.1) is 7.11 Å². The molecule has 0 bridgehead atoms. The maximum atomic E-state index is 5.39. The van der Waals surface area contributed by atoms with E-state index in [1.807, 2.05) is 0 Å². The van der Waals surface area contributed by atoms with Gasteiger partial charge in [-0.25, -0.2) is 0 Å². The Morgan fingerprint density at radius 1 is 1.22 bits per heavy atom. The Kier molecular flexibility index (Phi) is 3.96. The summed E-state index contributed by atoms with van der Waals surface area (Å²) >= 11 is 0. The number of rotatable bonds is 5. The number of ether oxygens (including phenoxy) is 1. The van der Waals surface area contributed by atoms with Crippen LogP contribution < -0.4 is 10.1 Å². The average Bonchev–Trinajstić information content (AvgIpc) is 3.17. The van der Waals surface area contributed by atoms with Gasteiger partial charge in [0.15, 0.2) is 0 Å². The summed E-state index contributed by atoms with van der Waals surface area (Å²) in [6, 6.07) is 4.91. The molecule has 0 spiro atoms. The van der Waals surface area contributed by atoms with E-state index in [2.05, 4.69) is 45.3 Å². The molecule has 1 fully saturated rings. The van der Waals surface area contributed by atoms with Crippen molar-refractivity contribution >= 4 is 0 Å². The zero-order valence-corrected chi connectivity index (χ0v) is 12.2. The minimum absolute atomic E-state index is 0.460. The van der Waals surface area contributed by atoms with Crippen LogP contribution >= 0.6 is 0 Å². The van der Waals surface area contributed by atoms with E-state index >= 15 is 0 Å². The lowest BCUT2D eigenvalue weighted by molar-refractivity contribution is 0.366. The summed E-state index contributed by atoms with van der Waals surface area (Å²) in [6.45, 7) is 6.68. The van der Waals surface area contributed by atoms with Crippen molar-refractivity contribution in [2.45, 2.75) is 39.7 Å². The molecule has 2 unspecified atom stereocenters. The minimum atomic E-state index is 0.460. The Morgan fingerprint density at radius 2 is 1.89 bits per heavy atom. The second-order valence-corrected chi connectivity index (χ2v) is 5.64. The standard InChI is InChI=1S/C16H25NO/c1-10-9-15(18-5)11(2)8-14(10)16(17-4)12(3)13-6-7-13/h8-9,12-13,16-17H,6-7H2,1-5H3. The first kappa shape index (κ1) is 13.4. The molecule has 1 aliphatic carbocycles. The normalized spacial score (nSPS) is 18.5. The summed E-state index contributed by atoms with van der Waals surface area (Å²) in [5, 5.41) is 3.50. The number of methoxy groups -OCH3 is 1. The number of aryl methyl sites for hydroxylation is 2. The molecule has 1 aromatic rings. The Bertz CT molecular complexity index is 423. The average molecular weight is 247 g/mol. The maximum Gasteiger partial charge on any atom is 0.122 e. The fourth-order valence-electron chi connectivity index (χ4n) is 2.96. The van der Waals surface area contributed by atoms with Crippen LogP contribution in [0.1, 0.15) is 42.5 Å². The minimum Gasteiger partial charge on any atom is -0.496 e. The molecule has 1 aromatic carbocycles. The van der Waals surface area contributed by atoms with Crippen molar-refractivity contribution in [1.82, 2.24) is 5.32 Å². The quantitative estimate of drug-likeness (QED) is 0.858. The van der Waals surface area contributed by atoms with Gasteiger partial charge in [-0.15, -0.1) is 0 Å². The number of hydrogen-bond acceptors (Lipinski definition) is 2. The summed E-state index contributed by atoms with van der Waals surface area (Å²) in [7, 11) is 3.81. The van der Waals surface area contributed by atoms with E-state index in [-0.39, 0.29) is 0 Å². The molecule has 2 rings (SSSR count). The first-order valence-electron chi connectivity index (χ1n) is 6.90. The highest BCUT2D eigenvalue weighted by Gasteiger charge is 2.34. The molecule has 1 aliphatic rings. The van der Waals surface area contributed by atoms with Crippen LogP contribution in [0.5, 0.6) is 5.75 Å². The van der Waals surface area contributed by atoms with Crippen LogP contribution in [0.4, 0.5) is 0 Å². The van der Waals surface area contributed by atoms with Gasteiger partial charge >= 0.3 is 0 Å². The summed E-state index contributed by atoms with van der Waals surface area (Å²) in [6.07, 6.45) is 2.79. The largest absolute Gasteiger partial charge is 0.496 e. The number of hydrogen-bond donors (Lipinski definition) is 1. The first-order chi connectivity index (χ1) is 8.58. The molecule has 0 aromatic heterocycles. The second kappa shape index (κ2) is 5.31. The first-order valence-corrected chi connectivity index (χ1v) is 6.90. The van der Waals surface area contributed by atoms with E-state index in [9.17, 15) is 0 Å². The van der Waals surface area contributed by atoms with E-state index in [1.54, 1.807) is 7.11 Å². The molecule has 2 nitrogen and oxygen atoms in total. The van der Waals surface area contributed by atoms with E-state index in [0.717, 1.165) is 11.7 Å².